The third-order valence-corrected chi connectivity index (χ3v) is 6.09. The molecule has 4 rings (SSSR count). The Labute approximate surface area is 198 Å². The summed E-state index contributed by atoms with van der Waals surface area (Å²) in [5, 5.41) is 21.7. The molecular weight excluding hydrogens is 461 g/mol. The number of halogens is 3. The van der Waals surface area contributed by atoms with Crippen LogP contribution in [0.5, 0.6) is 5.75 Å². The molecule has 0 aliphatic heterocycles. The molecule has 0 bridgehead atoms. The highest BCUT2D eigenvalue weighted by Gasteiger charge is 2.56. The number of pyridine rings is 2. The Balaban J connectivity index is 1.76. The van der Waals surface area contributed by atoms with Crippen LogP contribution in [0.2, 0.25) is 0 Å². The molecule has 3 aromatic heterocycles. The smallest absolute Gasteiger partial charge is 0.418 e. The normalized spacial score (nSPS) is 14.1. The highest BCUT2D eigenvalue weighted by Crippen LogP contribution is 2.45. The van der Waals surface area contributed by atoms with E-state index in [-0.39, 0.29) is 27.6 Å². The van der Waals surface area contributed by atoms with E-state index >= 15 is 0 Å². The summed E-state index contributed by atoms with van der Waals surface area (Å²) in [6.45, 7) is 2.20. The highest BCUT2D eigenvalue weighted by molar-refractivity contribution is 5.77. The number of aromatic hydroxyl groups is 1. The van der Waals surface area contributed by atoms with Crippen LogP contribution in [-0.2, 0) is 12.0 Å². The van der Waals surface area contributed by atoms with Crippen molar-refractivity contribution in [3.63, 3.8) is 0 Å². The summed E-state index contributed by atoms with van der Waals surface area (Å²) in [6, 6.07) is 7.16. The van der Waals surface area contributed by atoms with E-state index in [4.69, 9.17) is 0 Å². The molecule has 10 heteroatoms. The number of hydrogen-bond acceptors (Lipinski definition) is 6. The van der Waals surface area contributed by atoms with Gasteiger partial charge in [-0.1, -0.05) is 19.9 Å². The number of phenolic OH excluding ortho intramolecular Hbond substituents is 1. The van der Waals surface area contributed by atoms with Gasteiger partial charge in [0.2, 0.25) is 0 Å². The maximum absolute atomic E-state index is 14.3. The molecule has 0 saturated carbocycles. The van der Waals surface area contributed by atoms with Crippen molar-refractivity contribution >= 4 is 10.9 Å². The van der Waals surface area contributed by atoms with Crippen LogP contribution in [-0.4, -0.2) is 41.5 Å². The molecule has 182 valence electrons. The zero-order valence-electron chi connectivity index (χ0n) is 19.0. The molecule has 0 aliphatic carbocycles. The van der Waals surface area contributed by atoms with E-state index < -0.39 is 30.2 Å². The summed E-state index contributed by atoms with van der Waals surface area (Å²) < 4.78 is 44.2. The molecule has 0 saturated heterocycles. The summed E-state index contributed by atoms with van der Waals surface area (Å²) in [4.78, 5) is 23.9. The van der Waals surface area contributed by atoms with Crippen molar-refractivity contribution in [1.82, 2.24) is 19.5 Å². The summed E-state index contributed by atoms with van der Waals surface area (Å²) in [6.07, 6.45) is 2.57. The van der Waals surface area contributed by atoms with Gasteiger partial charge in [0.05, 0.1) is 17.4 Å². The number of nitrogens with zero attached hydrogens (tertiary/aromatic N) is 4. The van der Waals surface area contributed by atoms with E-state index in [1.807, 2.05) is 0 Å². The Morgan fingerprint density at radius 2 is 1.69 bits per heavy atom. The van der Waals surface area contributed by atoms with E-state index in [0.717, 1.165) is 6.07 Å². The SMILES string of the molecule is CC(C)(CC(O)(Cn1ccc(=O)c2cnccc21)C(F)(F)F)c1cc(-c2cncnc2)ccc1O. The Morgan fingerprint density at radius 1 is 0.971 bits per heavy atom. The number of fused-ring (bicyclic) bond motifs is 1. The monoisotopic (exact) mass is 484 g/mol. The molecule has 0 aliphatic rings. The standard InChI is InChI=1S/C25H23F3N4O3/c1-23(2,19-9-16(3-4-22(19)34)17-10-30-15-31-11-17)13-24(35,25(26,27)28)14-32-8-6-21(33)18-12-29-7-5-20(18)32/h3-12,15,34-35H,13-14H2,1-2H3. The first-order valence-corrected chi connectivity index (χ1v) is 10.7. The Hall–Kier alpha value is -3.79. The molecule has 0 fully saturated rings. The van der Waals surface area contributed by atoms with Crippen LogP contribution < -0.4 is 5.43 Å². The first-order valence-electron chi connectivity index (χ1n) is 10.7. The van der Waals surface area contributed by atoms with Crippen molar-refractivity contribution < 1.29 is 23.4 Å². The van der Waals surface area contributed by atoms with Crippen LogP contribution >= 0.6 is 0 Å². The summed E-state index contributed by atoms with van der Waals surface area (Å²) >= 11 is 0. The lowest BCUT2D eigenvalue weighted by Crippen LogP contribution is -2.52. The fraction of sp³-hybridized carbons (Fsp3) is 0.280. The van der Waals surface area contributed by atoms with E-state index in [1.54, 1.807) is 24.5 Å². The van der Waals surface area contributed by atoms with Gasteiger partial charge in [0, 0.05) is 48.2 Å². The average Bonchev–Trinajstić information content (AvgIpc) is 2.81. The predicted molar refractivity (Wildman–Crippen MR) is 124 cm³/mol. The maximum Gasteiger partial charge on any atom is 0.418 e. The Morgan fingerprint density at radius 3 is 2.37 bits per heavy atom. The van der Waals surface area contributed by atoms with Gasteiger partial charge in [0.25, 0.3) is 0 Å². The lowest BCUT2D eigenvalue weighted by atomic mass is 9.74. The molecule has 1 unspecified atom stereocenters. The topological polar surface area (TPSA) is 101 Å². The minimum Gasteiger partial charge on any atom is -0.508 e. The predicted octanol–water partition coefficient (Wildman–Crippen LogP) is 4.22. The van der Waals surface area contributed by atoms with Crippen molar-refractivity contribution in [2.45, 2.75) is 44.0 Å². The second-order valence-electron chi connectivity index (χ2n) is 9.15. The quantitative estimate of drug-likeness (QED) is 0.425. The zero-order valence-corrected chi connectivity index (χ0v) is 19.0. The summed E-state index contributed by atoms with van der Waals surface area (Å²) in [5.41, 5.74) is -3.18. The first kappa shape index (κ1) is 24.3. The third-order valence-electron chi connectivity index (χ3n) is 6.09. The number of alkyl halides is 3. The average molecular weight is 484 g/mol. The second-order valence-corrected chi connectivity index (χ2v) is 9.15. The van der Waals surface area contributed by atoms with Gasteiger partial charge in [-0.15, -0.1) is 0 Å². The molecule has 35 heavy (non-hydrogen) atoms. The lowest BCUT2D eigenvalue weighted by molar-refractivity contribution is -0.271. The van der Waals surface area contributed by atoms with Crippen LogP contribution in [0.15, 0.2) is 72.4 Å². The van der Waals surface area contributed by atoms with Crippen LogP contribution in [0.3, 0.4) is 0 Å². The first-order chi connectivity index (χ1) is 16.4. The molecule has 4 aromatic rings. The van der Waals surface area contributed by atoms with Gasteiger partial charge in [0.1, 0.15) is 12.1 Å². The zero-order chi connectivity index (χ0) is 25.4. The molecule has 1 aromatic carbocycles. The molecule has 0 radical (unpaired) electrons. The summed E-state index contributed by atoms with van der Waals surface area (Å²) in [5.74, 6) is -0.194. The van der Waals surface area contributed by atoms with Crippen molar-refractivity contribution in [2.75, 3.05) is 0 Å². The molecule has 1 atom stereocenters. The number of phenols is 1. The van der Waals surface area contributed by atoms with Crippen molar-refractivity contribution in [3.8, 4) is 16.9 Å². The van der Waals surface area contributed by atoms with Crippen molar-refractivity contribution in [1.29, 1.82) is 0 Å². The van der Waals surface area contributed by atoms with E-state index in [1.165, 1.54) is 55.5 Å². The molecule has 0 spiro atoms. The van der Waals surface area contributed by atoms with Gasteiger partial charge in [-0.25, -0.2) is 9.97 Å². The number of hydrogen-bond donors (Lipinski definition) is 2. The van der Waals surface area contributed by atoms with Crippen molar-refractivity contribution in [2.24, 2.45) is 0 Å². The fourth-order valence-electron chi connectivity index (χ4n) is 4.35. The van der Waals surface area contributed by atoms with Gasteiger partial charge in [-0.2, -0.15) is 13.2 Å². The Bertz CT molecular complexity index is 1420. The van der Waals surface area contributed by atoms with Crippen LogP contribution in [0.25, 0.3) is 22.0 Å². The highest BCUT2D eigenvalue weighted by atomic mass is 19.4. The second kappa shape index (κ2) is 8.77. The fourth-order valence-corrected chi connectivity index (χ4v) is 4.35. The third kappa shape index (κ3) is 4.74. The largest absolute Gasteiger partial charge is 0.508 e. The van der Waals surface area contributed by atoms with Crippen LogP contribution in [0.4, 0.5) is 13.2 Å². The lowest BCUT2D eigenvalue weighted by Gasteiger charge is -2.39. The van der Waals surface area contributed by atoms with E-state index in [2.05, 4.69) is 15.0 Å². The Kier molecular flexibility index (Phi) is 6.10. The van der Waals surface area contributed by atoms with E-state index in [9.17, 15) is 28.2 Å². The molecule has 2 N–H and O–H groups in total. The minimum absolute atomic E-state index is 0.147. The number of rotatable bonds is 6. The maximum atomic E-state index is 14.3. The molecular formula is C25H23F3N4O3. The molecule has 3 heterocycles. The van der Waals surface area contributed by atoms with Gasteiger partial charge in [-0.05, 0) is 35.6 Å². The number of aromatic nitrogens is 4. The molecule has 0 amide bonds. The minimum atomic E-state index is -5.01. The van der Waals surface area contributed by atoms with E-state index in [0.29, 0.717) is 11.1 Å². The number of aliphatic hydroxyl groups is 1. The van der Waals surface area contributed by atoms with Gasteiger partial charge in [0.15, 0.2) is 11.0 Å². The van der Waals surface area contributed by atoms with Gasteiger partial charge < -0.3 is 14.8 Å². The molecule has 7 nitrogen and oxygen atoms in total. The van der Waals surface area contributed by atoms with Gasteiger partial charge >= 0.3 is 6.18 Å². The van der Waals surface area contributed by atoms with Crippen LogP contribution in [0, 0.1) is 0 Å². The van der Waals surface area contributed by atoms with Crippen LogP contribution in [0.1, 0.15) is 25.8 Å². The van der Waals surface area contributed by atoms with Crippen molar-refractivity contribution in [3.05, 3.63) is 83.4 Å². The van der Waals surface area contributed by atoms with Gasteiger partial charge in [-0.3, -0.25) is 9.78 Å². The summed E-state index contributed by atoms with van der Waals surface area (Å²) in [7, 11) is 0. The number of benzene rings is 1.